The Morgan fingerprint density at radius 1 is 1.12 bits per heavy atom. The Balaban J connectivity index is 1.68. The van der Waals surface area contributed by atoms with E-state index in [2.05, 4.69) is 20.6 Å². The van der Waals surface area contributed by atoms with E-state index in [9.17, 15) is 9.18 Å². The Morgan fingerprint density at radius 2 is 1.88 bits per heavy atom. The van der Waals surface area contributed by atoms with Crippen LogP contribution < -0.4 is 15.4 Å². The van der Waals surface area contributed by atoms with Gasteiger partial charge >= 0.3 is 0 Å². The number of nitrogens with one attached hydrogen (secondary N) is 2. The van der Waals surface area contributed by atoms with E-state index in [0.717, 1.165) is 0 Å². The van der Waals surface area contributed by atoms with Gasteiger partial charge in [0.15, 0.2) is 0 Å². The minimum Gasteiger partial charge on any atom is -0.495 e. The van der Waals surface area contributed by atoms with E-state index in [0.29, 0.717) is 28.1 Å². The molecular weight excluding hydrogens is 359 g/mol. The van der Waals surface area contributed by atoms with Gasteiger partial charge in [-0.15, -0.1) is 0 Å². The largest absolute Gasteiger partial charge is 0.495 e. The summed E-state index contributed by atoms with van der Waals surface area (Å²) in [7, 11) is 1.53. The molecule has 0 aliphatic rings. The van der Waals surface area contributed by atoms with Crippen molar-refractivity contribution in [2.24, 2.45) is 0 Å². The molecule has 1 amide bonds. The summed E-state index contributed by atoms with van der Waals surface area (Å²) >= 11 is 6.07. The Labute approximate surface area is 154 Å². The second kappa shape index (κ2) is 7.79. The Hall–Kier alpha value is -3.19. The highest BCUT2D eigenvalue weighted by Crippen LogP contribution is 2.28. The molecule has 3 rings (SSSR count). The Morgan fingerprint density at radius 3 is 2.54 bits per heavy atom. The van der Waals surface area contributed by atoms with E-state index in [1.165, 1.54) is 37.7 Å². The Kier molecular flexibility index (Phi) is 5.28. The van der Waals surface area contributed by atoms with Gasteiger partial charge in [-0.25, -0.2) is 14.4 Å². The van der Waals surface area contributed by atoms with E-state index in [1.807, 2.05) is 0 Å². The van der Waals surface area contributed by atoms with Crippen molar-refractivity contribution in [3.8, 4) is 5.75 Å². The van der Waals surface area contributed by atoms with Gasteiger partial charge in [-0.2, -0.15) is 0 Å². The molecule has 2 N–H and O–H groups in total. The highest BCUT2D eigenvalue weighted by molar-refractivity contribution is 6.32. The number of carbonyl (C=O) groups excluding carboxylic acids is 1. The summed E-state index contributed by atoms with van der Waals surface area (Å²) in [6.45, 7) is 0. The van der Waals surface area contributed by atoms with Crippen LogP contribution in [0, 0.1) is 5.82 Å². The number of anilines is 3. The number of hydrogen-bond acceptors (Lipinski definition) is 5. The number of amides is 1. The van der Waals surface area contributed by atoms with Crippen LogP contribution in [0.3, 0.4) is 0 Å². The lowest BCUT2D eigenvalue weighted by Gasteiger charge is -2.08. The summed E-state index contributed by atoms with van der Waals surface area (Å²) in [5.41, 5.74) is 1.27. The van der Waals surface area contributed by atoms with Gasteiger partial charge in [-0.1, -0.05) is 17.7 Å². The molecule has 0 spiro atoms. The lowest BCUT2D eigenvalue weighted by molar-refractivity contribution is 0.102. The first-order valence-electron chi connectivity index (χ1n) is 7.54. The van der Waals surface area contributed by atoms with Crippen molar-refractivity contribution in [1.82, 2.24) is 9.97 Å². The molecule has 0 fully saturated rings. The van der Waals surface area contributed by atoms with Crippen molar-refractivity contribution in [2.45, 2.75) is 0 Å². The van der Waals surface area contributed by atoms with Gasteiger partial charge in [0, 0.05) is 23.8 Å². The highest BCUT2D eigenvalue weighted by Gasteiger charge is 2.09. The van der Waals surface area contributed by atoms with E-state index in [1.54, 1.807) is 24.3 Å². The molecule has 0 atom stereocenters. The van der Waals surface area contributed by atoms with Crippen molar-refractivity contribution in [2.75, 3.05) is 17.7 Å². The van der Waals surface area contributed by atoms with E-state index in [4.69, 9.17) is 16.3 Å². The molecule has 8 heteroatoms. The fourth-order valence-electron chi connectivity index (χ4n) is 2.15. The minimum absolute atomic E-state index is 0.243. The molecule has 132 valence electrons. The molecular formula is C18H14ClFN4O2. The third-order valence-corrected chi connectivity index (χ3v) is 3.70. The minimum atomic E-state index is -0.436. The zero-order valence-electron chi connectivity index (χ0n) is 13.7. The predicted octanol–water partition coefficient (Wildman–Crippen LogP) is 4.27. The number of aromatic nitrogens is 2. The summed E-state index contributed by atoms with van der Waals surface area (Å²) < 4.78 is 18.2. The number of halogens is 2. The van der Waals surface area contributed by atoms with Gasteiger partial charge in [0.05, 0.1) is 17.7 Å². The SMILES string of the molecule is COc1ccc(Nc2ncc(C(=O)Nc3cccc(F)c3)cn2)cc1Cl. The number of nitrogens with zero attached hydrogens (tertiary/aromatic N) is 2. The highest BCUT2D eigenvalue weighted by atomic mass is 35.5. The third-order valence-electron chi connectivity index (χ3n) is 3.40. The number of methoxy groups -OCH3 is 1. The van der Waals surface area contributed by atoms with Crippen molar-refractivity contribution in [3.63, 3.8) is 0 Å². The maximum Gasteiger partial charge on any atom is 0.258 e. The van der Waals surface area contributed by atoms with E-state index in [-0.39, 0.29) is 5.56 Å². The topological polar surface area (TPSA) is 76.1 Å². The average molecular weight is 373 g/mol. The van der Waals surface area contributed by atoms with Crippen LogP contribution >= 0.6 is 11.6 Å². The number of benzene rings is 2. The number of carbonyl (C=O) groups is 1. The summed E-state index contributed by atoms with van der Waals surface area (Å²) in [6, 6.07) is 10.8. The fraction of sp³-hybridized carbons (Fsp3) is 0.0556. The molecule has 2 aromatic carbocycles. The van der Waals surface area contributed by atoms with Gasteiger partial charge in [0.2, 0.25) is 5.95 Å². The molecule has 3 aromatic rings. The fourth-order valence-corrected chi connectivity index (χ4v) is 2.41. The first-order valence-corrected chi connectivity index (χ1v) is 7.92. The van der Waals surface area contributed by atoms with Crippen LogP contribution in [-0.4, -0.2) is 23.0 Å². The van der Waals surface area contributed by atoms with Crippen LogP contribution in [0.5, 0.6) is 5.75 Å². The maximum atomic E-state index is 13.2. The number of hydrogen-bond donors (Lipinski definition) is 2. The first kappa shape index (κ1) is 17.6. The van der Waals surface area contributed by atoms with Crippen molar-refractivity contribution >= 4 is 34.8 Å². The van der Waals surface area contributed by atoms with Crippen LogP contribution in [-0.2, 0) is 0 Å². The first-order chi connectivity index (χ1) is 12.5. The molecule has 0 bridgehead atoms. The molecule has 6 nitrogen and oxygen atoms in total. The molecule has 0 aliphatic heterocycles. The van der Waals surface area contributed by atoms with Gasteiger partial charge in [0.1, 0.15) is 11.6 Å². The monoisotopic (exact) mass is 372 g/mol. The Bertz CT molecular complexity index is 935. The van der Waals surface area contributed by atoms with Crippen molar-refractivity contribution < 1.29 is 13.9 Å². The van der Waals surface area contributed by atoms with Crippen LogP contribution in [0.2, 0.25) is 5.02 Å². The molecule has 0 saturated carbocycles. The van der Waals surface area contributed by atoms with Crippen LogP contribution in [0.4, 0.5) is 21.7 Å². The van der Waals surface area contributed by atoms with E-state index >= 15 is 0 Å². The molecule has 0 saturated heterocycles. The van der Waals surface area contributed by atoms with E-state index < -0.39 is 11.7 Å². The summed E-state index contributed by atoms with van der Waals surface area (Å²) in [6.07, 6.45) is 2.74. The molecule has 1 heterocycles. The second-order valence-corrected chi connectivity index (χ2v) is 5.64. The maximum absolute atomic E-state index is 13.2. The van der Waals surface area contributed by atoms with Gasteiger partial charge in [-0.05, 0) is 36.4 Å². The van der Waals surface area contributed by atoms with Crippen molar-refractivity contribution in [3.05, 3.63) is 71.3 Å². The van der Waals surface area contributed by atoms with Crippen LogP contribution in [0.15, 0.2) is 54.9 Å². The van der Waals surface area contributed by atoms with Gasteiger partial charge in [0.25, 0.3) is 5.91 Å². The standard InChI is InChI=1S/C18H14ClFN4O2/c1-26-16-6-5-14(8-15(16)19)24-18-21-9-11(10-22-18)17(25)23-13-4-2-3-12(20)7-13/h2-10H,1H3,(H,23,25)(H,21,22,24). The van der Waals surface area contributed by atoms with Gasteiger partial charge in [-0.3, -0.25) is 4.79 Å². The molecule has 26 heavy (non-hydrogen) atoms. The summed E-state index contributed by atoms with van der Waals surface area (Å²) in [4.78, 5) is 20.3. The quantitative estimate of drug-likeness (QED) is 0.699. The average Bonchev–Trinajstić information content (AvgIpc) is 2.62. The van der Waals surface area contributed by atoms with Crippen LogP contribution in [0.25, 0.3) is 0 Å². The molecule has 0 unspecified atom stereocenters. The number of ether oxygens (including phenoxy) is 1. The second-order valence-electron chi connectivity index (χ2n) is 5.23. The van der Waals surface area contributed by atoms with Crippen molar-refractivity contribution in [1.29, 1.82) is 0 Å². The summed E-state index contributed by atoms with van der Waals surface area (Å²) in [5, 5.41) is 6.00. The third kappa shape index (κ3) is 4.25. The zero-order chi connectivity index (χ0) is 18.5. The lowest BCUT2D eigenvalue weighted by atomic mass is 10.2. The predicted molar refractivity (Wildman–Crippen MR) is 97.7 cm³/mol. The molecule has 1 aromatic heterocycles. The lowest BCUT2D eigenvalue weighted by Crippen LogP contribution is -2.13. The zero-order valence-corrected chi connectivity index (χ0v) is 14.4. The molecule has 0 radical (unpaired) electrons. The molecule has 0 aliphatic carbocycles. The summed E-state index contributed by atoms with van der Waals surface area (Å²) in [5.74, 6) is -0.0116. The number of rotatable bonds is 5. The van der Waals surface area contributed by atoms with Crippen LogP contribution in [0.1, 0.15) is 10.4 Å². The normalized spacial score (nSPS) is 10.3. The van der Waals surface area contributed by atoms with Gasteiger partial charge < -0.3 is 15.4 Å². The smallest absolute Gasteiger partial charge is 0.258 e.